The number of nitrogens with zero attached hydrogens (tertiary/aromatic N) is 2. The van der Waals surface area contributed by atoms with E-state index in [4.69, 9.17) is 0 Å². The van der Waals surface area contributed by atoms with Gasteiger partial charge in [-0.05, 0) is 31.5 Å². The third kappa shape index (κ3) is 1.83. The number of rotatable bonds is 1. The lowest BCUT2D eigenvalue weighted by Crippen LogP contribution is -2.20. The predicted octanol–water partition coefficient (Wildman–Crippen LogP) is 2.98. The van der Waals surface area contributed by atoms with Crippen molar-refractivity contribution in [3.8, 4) is 11.1 Å². The van der Waals surface area contributed by atoms with Crippen molar-refractivity contribution < 1.29 is 0 Å². The molecule has 19 heavy (non-hydrogen) atoms. The van der Waals surface area contributed by atoms with Crippen molar-refractivity contribution >= 4 is 5.65 Å². The first kappa shape index (κ1) is 11.7. The lowest BCUT2D eigenvalue weighted by Gasteiger charge is -2.09. The van der Waals surface area contributed by atoms with Crippen molar-refractivity contribution in [2.24, 2.45) is 0 Å². The Morgan fingerprint density at radius 1 is 0.947 bits per heavy atom. The van der Waals surface area contributed by atoms with Crippen molar-refractivity contribution in [3.05, 3.63) is 70.3 Å². The molecular weight excluding hydrogens is 236 g/mol. The molecule has 3 rings (SSSR count). The summed E-state index contributed by atoms with van der Waals surface area (Å²) in [5.74, 6) is 0. The minimum Gasteiger partial charge on any atom is -0.268 e. The second-order valence-corrected chi connectivity index (χ2v) is 4.60. The molecule has 0 saturated heterocycles. The van der Waals surface area contributed by atoms with Crippen LogP contribution in [0.15, 0.2) is 53.3 Å². The molecule has 0 saturated carbocycles. The molecule has 0 aliphatic carbocycles. The Morgan fingerprint density at radius 3 is 2.42 bits per heavy atom. The van der Waals surface area contributed by atoms with Crippen molar-refractivity contribution in [2.75, 3.05) is 0 Å². The fourth-order valence-corrected chi connectivity index (χ4v) is 2.39. The van der Waals surface area contributed by atoms with Crippen LogP contribution in [0.4, 0.5) is 0 Å². The number of aromatic nitrogens is 2. The van der Waals surface area contributed by atoms with Crippen molar-refractivity contribution in [2.45, 2.75) is 13.8 Å². The maximum absolute atomic E-state index is 12.7. The molecule has 0 spiro atoms. The zero-order valence-electron chi connectivity index (χ0n) is 10.9. The second-order valence-electron chi connectivity index (χ2n) is 4.60. The summed E-state index contributed by atoms with van der Waals surface area (Å²) in [4.78, 5) is 17.2. The van der Waals surface area contributed by atoms with E-state index in [1.165, 1.54) is 0 Å². The fraction of sp³-hybridized carbons (Fsp3) is 0.125. The third-order valence-electron chi connectivity index (χ3n) is 3.29. The van der Waals surface area contributed by atoms with E-state index in [0.717, 1.165) is 17.0 Å². The van der Waals surface area contributed by atoms with Crippen LogP contribution in [0, 0.1) is 13.8 Å². The average molecular weight is 250 g/mol. The van der Waals surface area contributed by atoms with Gasteiger partial charge in [0, 0.05) is 5.69 Å². The molecule has 0 amide bonds. The van der Waals surface area contributed by atoms with E-state index in [-0.39, 0.29) is 5.56 Å². The van der Waals surface area contributed by atoms with Crippen LogP contribution in [0.2, 0.25) is 0 Å². The zero-order valence-corrected chi connectivity index (χ0v) is 10.9. The Balaban J connectivity index is 2.45. The molecule has 3 heteroatoms. The summed E-state index contributed by atoms with van der Waals surface area (Å²) in [5, 5.41) is 0. The molecule has 3 aromatic rings. The Hall–Kier alpha value is -2.42. The molecule has 0 aliphatic heterocycles. The first-order chi connectivity index (χ1) is 9.18. The van der Waals surface area contributed by atoms with E-state index >= 15 is 0 Å². The minimum absolute atomic E-state index is 0.00759. The van der Waals surface area contributed by atoms with Crippen LogP contribution in [-0.2, 0) is 0 Å². The van der Waals surface area contributed by atoms with Gasteiger partial charge in [0.15, 0.2) is 0 Å². The van der Waals surface area contributed by atoms with E-state index < -0.39 is 0 Å². The van der Waals surface area contributed by atoms with Gasteiger partial charge in [-0.2, -0.15) is 0 Å². The van der Waals surface area contributed by atoms with Gasteiger partial charge in [0.1, 0.15) is 5.65 Å². The SMILES string of the molecule is Cc1nc2cccc(C)n2c(=O)c1-c1ccccc1. The van der Waals surface area contributed by atoms with Crippen LogP contribution in [0.3, 0.4) is 0 Å². The van der Waals surface area contributed by atoms with Gasteiger partial charge >= 0.3 is 0 Å². The van der Waals surface area contributed by atoms with E-state index in [2.05, 4.69) is 4.98 Å². The van der Waals surface area contributed by atoms with Gasteiger partial charge in [-0.3, -0.25) is 9.20 Å². The highest BCUT2D eigenvalue weighted by Gasteiger charge is 2.12. The lowest BCUT2D eigenvalue weighted by molar-refractivity contribution is 0.976. The number of hydrogen-bond donors (Lipinski definition) is 0. The zero-order chi connectivity index (χ0) is 13.4. The van der Waals surface area contributed by atoms with Crippen LogP contribution in [0.5, 0.6) is 0 Å². The monoisotopic (exact) mass is 250 g/mol. The average Bonchev–Trinajstić information content (AvgIpc) is 2.39. The van der Waals surface area contributed by atoms with Crippen LogP contribution in [0.25, 0.3) is 16.8 Å². The number of benzene rings is 1. The van der Waals surface area contributed by atoms with Gasteiger partial charge in [0.05, 0.1) is 11.3 Å². The molecule has 0 radical (unpaired) electrons. The van der Waals surface area contributed by atoms with Gasteiger partial charge in [0.25, 0.3) is 5.56 Å². The molecule has 0 unspecified atom stereocenters. The molecule has 2 heterocycles. The van der Waals surface area contributed by atoms with Gasteiger partial charge in [0.2, 0.25) is 0 Å². The smallest absolute Gasteiger partial charge is 0.266 e. The Labute approximate surface area is 111 Å². The molecule has 0 fully saturated rings. The first-order valence-electron chi connectivity index (χ1n) is 6.23. The van der Waals surface area contributed by atoms with Gasteiger partial charge < -0.3 is 0 Å². The van der Waals surface area contributed by atoms with Crippen LogP contribution in [0.1, 0.15) is 11.4 Å². The molecule has 0 aliphatic rings. The lowest BCUT2D eigenvalue weighted by atomic mass is 10.1. The first-order valence-corrected chi connectivity index (χ1v) is 6.23. The molecule has 0 N–H and O–H groups in total. The molecule has 3 nitrogen and oxygen atoms in total. The maximum Gasteiger partial charge on any atom is 0.266 e. The van der Waals surface area contributed by atoms with E-state index in [0.29, 0.717) is 11.2 Å². The number of fused-ring (bicyclic) bond motifs is 1. The van der Waals surface area contributed by atoms with Gasteiger partial charge in [-0.25, -0.2) is 4.98 Å². The summed E-state index contributed by atoms with van der Waals surface area (Å²) >= 11 is 0. The maximum atomic E-state index is 12.7. The molecule has 0 bridgehead atoms. The summed E-state index contributed by atoms with van der Waals surface area (Å²) in [7, 11) is 0. The van der Waals surface area contributed by atoms with Crippen LogP contribution in [-0.4, -0.2) is 9.38 Å². The molecule has 1 aromatic carbocycles. The Morgan fingerprint density at radius 2 is 1.68 bits per heavy atom. The third-order valence-corrected chi connectivity index (χ3v) is 3.29. The number of aryl methyl sites for hydroxylation is 2. The van der Waals surface area contributed by atoms with Crippen molar-refractivity contribution in [1.82, 2.24) is 9.38 Å². The van der Waals surface area contributed by atoms with Crippen molar-refractivity contribution in [1.29, 1.82) is 0 Å². The Kier molecular flexibility index (Phi) is 2.67. The summed E-state index contributed by atoms with van der Waals surface area (Å²) in [5.41, 5.74) is 3.94. The van der Waals surface area contributed by atoms with Gasteiger partial charge in [-0.15, -0.1) is 0 Å². The Bertz CT molecular complexity index is 804. The highest BCUT2D eigenvalue weighted by atomic mass is 16.1. The topological polar surface area (TPSA) is 34.4 Å². The molecule has 2 aromatic heterocycles. The summed E-state index contributed by atoms with van der Waals surface area (Å²) < 4.78 is 1.66. The van der Waals surface area contributed by atoms with E-state index in [1.807, 2.05) is 62.4 Å². The van der Waals surface area contributed by atoms with Crippen LogP contribution >= 0.6 is 0 Å². The van der Waals surface area contributed by atoms with Gasteiger partial charge in [-0.1, -0.05) is 36.4 Å². The number of pyridine rings is 1. The minimum atomic E-state index is -0.00759. The molecule has 94 valence electrons. The molecular formula is C16H14N2O. The highest BCUT2D eigenvalue weighted by molar-refractivity contribution is 5.66. The highest BCUT2D eigenvalue weighted by Crippen LogP contribution is 2.18. The summed E-state index contributed by atoms with van der Waals surface area (Å²) in [6.45, 7) is 3.80. The largest absolute Gasteiger partial charge is 0.268 e. The summed E-state index contributed by atoms with van der Waals surface area (Å²) in [6.07, 6.45) is 0. The quantitative estimate of drug-likeness (QED) is 0.665. The van der Waals surface area contributed by atoms with Crippen molar-refractivity contribution in [3.63, 3.8) is 0 Å². The second kappa shape index (κ2) is 4.35. The summed E-state index contributed by atoms with van der Waals surface area (Å²) in [6, 6.07) is 15.4. The number of hydrogen-bond acceptors (Lipinski definition) is 2. The predicted molar refractivity (Wildman–Crippen MR) is 76.4 cm³/mol. The van der Waals surface area contributed by atoms with E-state index in [9.17, 15) is 4.79 Å². The standard InChI is InChI=1S/C16H14N2O/c1-11-7-6-10-14-17-12(2)15(16(19)18(11)14)13-8-4-3-5-9-13/h3-10H,1-2H3. The van der Waals surface area contributed by atoms with Crippen LogP contribution < -0.4 is 5.56 Å². The normalized spacial score (nSPS) is 10.8. The fourth-order valence-electron chi connectivity index (χ4n) is 2.39. The molecule has 0 atom stereocenters. The van der Waals surface area contributed by atoms with E-state index in [1.54, 1.807) is 4.40 Å².